The molecular weight excluding hydrogens is 316 g/mol. The van der Waals surface area contributed by atoms with E-state index >= 15 is 0 Å². The van der Waals surface area contributed by atoms with Crippen LogP contribution >= 0.6 is 0 Å². The van der Waals surface area contributed by atoms with Crippen molar-refractivity contribution in [2.24, 2.45) is 0 Å². The van der Waals surface area contributed by atoms with E-state index in [1.165, 1.54) is 19.3 Å². The van der Waals surface area contributed by atoms with Crippen molar-refractivity contribution in [1.29, 1.82) is 0 Å². The maximum absolute atomic E-state index is 12.4. The highest BCUT2D eigenvalue weighted by Gasteiger charge is 2.23. The number of sulfone groups is 1. The molecule has 2 aromatic rings. The fraction of sp³-hybridized carbons (Fsp3) is 0.667. The monoisotopic (exact) mass is 338 g/mol. The minimum atomic E-state index is -3.36. The van der Waals surface area contributed by atoms with Gasteiger partial charge in [-0.05, 0) is 18.9 Å². The van der Waals surface area contributed by atoms with E-state index in [1.807, 2.05) is 11.6 Å². The third kappa shape index (κ3) is 3.99. The Morgan fingerprint density at radius 3 is 2.74 bits per heavy atom. The molecule has 2 heterocycles. The van der Waals surface area contributed by atoms with Gasteiger partial charge in [-0.2, -0.15) is 10.1 Å². The molecule has 1 aliphatic rings. The van der Waals surface area contributed by atoms with Gasteiger partial charge in [0, 0.05) is 12.6 Å². The molecule has 1 aliphatic carbocycles. The van der Waals surface area contributed by atoms with E-state index in [0.29, 0.717) is 18.4 Å². The van der Waals surface area contributed by atoms with Crippen LogP contribution in [0.3, 0.4) is 0 Å². The summed E-state index contributed by atoms with van der Waals surface area (Å²) in [5.41, 5.74) is 0.746. The van der Waals surface area contributed by atoms with Crippen molar-refractivity contribution in [2.75, 3.05) is 0 Å². The van der Waals surface area contributed by atoms with Gasteiger partial charge in [-0.25, -0.2) is 8.42 Å². The quantitative estimate of drug-likeness (QED) is 0.803. The summed E-state index contributed by atoms with van der Waals surface area (Å²) in [6.07, 6.45) is 8.03. The predicted octanol–water partition coefficient (Wildman–Crippen LogP) is 2.45. The highest BCUT2D eigenvalue weighted by Crippen LogP contribution is 2.29. The SMILES string of the molecule is CCc1nc(CS(=O)(=O)Cc2ccnn2C2CCCCC2)no1. The molecule has 0 aliphatic heterocycles. The lowest BCUT2D eigenvalue weighted by atomic mass is 9.95. The molecule has 0 aromatic carbocycles. The molecule has 1 fully saturated rings. The molecule has 126 valence electrons. The second-order valence-electron chi connectivity index (χ2n) is 6.05. The summed E-state index contributed by atoms with van der Waals surface area (Å²) in [4.78, 5) is 4.08. The van der Waals surface area contributed by atoms with Crippen LogP contribution in [-0.4, -0.2) is 28.3 Å². The zero-order valence-corrected chi connectivity index (χ0v) is 14.1. The third-order valence-electron chi connectivity index (χ3n) is 4.20. The molecule has 23 heavy (non-hydrogen) atoms. The Labute approximate surface area is 136 Å². The smallest absolute Gasteiger partial charge is 0.226 e. The van der Waals surface area contributed by atoms with Crippen LogP contribution in [0.25, 0.3) is 0 Å². The Morgan fingerprint density at radius 1 is 1.26 bits per heavy atom. The van der Waals surface area contributed by atoms with Crippen molar-refractivity contribution >= 4 is 9.84 Å². The van der Waals surface area contributed by atoms with Gasteiger partial charge in [-0.15, -0.1) is 0 Å². The van der Waals surface area contributed by atoms with Gasteiger partial charge in [0.15, 0.2) is 15.7 Å². The van der Waals surface area contributed by atoms with Crippen LogP contribution in [-0.2, 0) is 27.8 Å². The number of nitrogens with zero attached hydrogens (tertiary/aromatic N) is 4. The van der Waals surface area contributed by atoms with Crippen LogP contribution < -0.4 is 0 Å². The van der Waals surface area contributed by atoms with E-state index in [0.717, 1.165) is 18.5 Å². The summed E-state index contributed by atoms with van der Waals surface area (Å²) < 4.78 is 31.7. The summed E-state index contributed by atoms with van der Waals surface area (Å²) in [7, 11) is -3.36. The first-order valence-corrected chi connectivity index (χ1v) is 9.94. The van der Waals surface area contributed by atoms with E-state index in [9.17, 15) is 8.42 Å². The second kappa shape index (κ2) is 6.82. The van der Waals surface area contributed by atoms with Gasteiger partial charge in [-0.1, -0.05) is 31.3 Å². The first-order chi connectivity index (χ1) is 11.1. The minimum absolute atomic E-state index is 0.0422. The van der Waals surface area contributed by atoms with Crippen molar-refractivity contribution in [1.82, 2.24) is 19.9 Å². The molecule has 0 saturated heterocycles. The van der Waals surface area contributed by atoms with E-state index in [-0.39, 0.29) is 17.3 Å². The number of hydrogen-bond donors (Lipinski definition) is 0. The first kappa shape index (κ1) is 16.2. The summed E-state index contributed by atoms with van der Waals surface area (Å²) in [6.45, 7) is 1.88. The lowest BCUT2D eigenvalue weighted by Gasteiger charge is -2.23. The standard InChI is InChI=1S/C15H22N4O3S/c1-2-15-17-14(18-22-15)11-23(20,21)10-13-8-9-16-19(13)12-6-4-3-5-7-12/h8-9,12H,2-7,10-11H2,1H3. The second-order valence-corrected chi connectivity index (χ2v) is 8.11. The molecule has 3 rings (SSSR count). The van der Waals surface area contributed by atoms with Gasteiger partial charge in [0.25, 0.3) is 0 Å². The molecule has 0 bridgehead atoms. The third-order valence-corrected chi connectivity index (χ3v) is 5.64. The Balaban J connectivity index is 1.71. The van der Waals surface area contributed by atoms with E-state index < -0.39 is 9.84 Å². The van der Waals surface area contributed by atoms with Crippen molar-refractivity contribution in [3.05, 3.63) is 29.7 Å². The number of hydrogen-bond acceptors (Lipinski definition) is 6. The van der Waals surface area contributed by atoms with Gasteiger partial charge >= 0.3 is 0 Å². The normalized spacial score (nSPS) is 16.7. The summed E-state index contributed by atoms with van der Waals surface area (Å²) in [5.74, 6) is 0.444. The van der Waals surface area contributed by atoms with Crippen LogP contribution in [0.4, 0.5) is 0 Å². The molecule has 0 amide bonds. The van der Waals surface area contributed by atoms with Crippen LogP contribution in [0.1, 0.15) is 62.5 Å². The van der Waals surface area contributed by atoms with Gasteiger partial charge in [-0.3, -0.25) is 4.68 Å². The number of aryl methyl sites for hydroxylation is 1. The van der Waals surface area contributed by atoms with Crippen LogP contribution in [0, 0.1) is 0 Å². The molecule has 0 unspecified atom stereocenters. The van der Waals surface area contributed by atoms with E-state index in [2.05, 4.69) is 15.2 Å². The first-order valence-electron chi connectivity index (χ1n) is 8.11. The van der Waals surface area contributed by atoms with Crippen molar-refractivity contribution < 1.29 is 12.9 Å². The Kier molecular flexibility index (Phi) is 4.79. The van der Waals surface area contributed by atoms with Crippen LogP contribution in [0.15, 0.2) is 16.8 Å². The summed E-state index contributed by atoms with van der Waals surface area (Å²) in [6, 6.07) is 2.11. The predicted molar refractivity (Wildman–Crippen MR) is 84.4 cm³/mol. The fourth-order valence-corrected chi connectivity index (χ4v) is 4.37. The van der Waals surface area contributed by atoms with Gasteiger partial charge < -0.3 is 4.52 Å². The van der Waals surface area contributed by atoms with Crippen molar-refractivity contribution in [3.63, 3.8) is 0 Å². The molecule has 7 nitrogen and oxygen atoms in total. The van der Waals surface area contributed by atoms with E-state index in [4.69, 9.17) is 4.52 Å². The molecule has 0 radical (unpaired) electrons. The van der Waals surface area contributed by atoms with Gasteiger partial charge in [0.05, 0.1) is 17.5 Å². The molecular formula is C15H22N4O3S. The summed E-state index contributed by atoms with van der Waals surface area (Å²) >= 11 is 0. The fourth-order valence-electron chi connectivity index (χ4n) is 3.08. The molecule has 0 spiro atoms. The Hall–Kier alpha value is -1.70. The van der Waals surface area contributed by atoms with Crippen molar-refractivity contribution in [2.45, 2.75) is 63.0 Å². The Bertz CT molecular complexity index is 744. The average Bonchev–Trinajstić information content (AvgIpc) is 3.16. The van der Waals surface area contributed by atoms with Crippen LogP contribution in [0.2, 0.25) is 0 Å². The summed E-state index contributed by atoms with van der Waals surface area (Å²) in [5, 5.41) is 8.08. The molecule has 8 heteroatoms. The molecule has 1 saturated carbocycles. The zero-order valence-electron chi connectivity index (χ0n) is 13.3. The van der Waals surface area contributed by atoms with Crippen molar-refractivity contribution in [3.8, 4) is 0 Å². The van der Waals surface area contributed by atoms with Crippen LogP contribution in [0.5, 0.6) is 0 Å². The highest BCUT2D eigenvalue weighted by molar-refractivity contribution is 7.89. The molecule has 0 N–H and O–H groups in total. The topological polar surface area (TPSA) is 90.9 Å². The maximum atomic E-state index is 12.4. The number of rotatable bonds is 6. The van der Waals surface area contributed by atoms with E-state index in [1.54, 1.807) is 12.3 Å². The van der Waals surface area contributed by atoms with Gasteiger partial charge in [0.1, 0.15) is 5.75 Å². The molecule has 2 aromatic heterocycles. The Morgan fingerprint density at radius 2 is 2.04 bits per heavy atom. The minimum Gasteiger partial charge on any atom is -0.339 e. The van der Waals surface area contributed by atoms with Gasteiger partial charge in [0.2, 0.25) is 5.89 Å². The number of aromatic nitrogens is 4. The lowest BCUT2D eigenvalue weighted by Crippen LogP contribution is -2.19. The molecule has 0 atom stereocenters. The zero-order chi connectivity index (χ0) is 16.3. The largest absolute Gasteiger partial charge is 0.339 e. The lowest BCUT2D eigenvalue weighted by molar-refractivity contribution is 0.324. The highest BCUT2D eigenvalue weighted by atomic mass is 32.2. The maximum Gasteiger partial charge on any atom is 0.226 e. The average molecular weight is 338 g/mol.